The zero-order chi connectivity index (χ0) is 34.1. The zero-order valence-electron chi connectivity index (χ0n) is 30.1. The van der Waals surface area contributed by atoms with Crippen LogP contribution in [0.15, 0.2) is 97.1 Å². The second-order valence-corrected chi connectivity index (χ2v) is 14.2. The minimum atomic E-state index is -0.510. The van der Waals surface area contributed by atoms with Crippen LogP contribution in [-0.2, 0) is 10.2 Å². The van der Waals surface area contributed by atoms with Gasteiger partial charge in [-0.1, -0.05) is 134 Å². The lowest BCUT2D eigenvalue weighted by Gasteiger charge is -2.32. The van der Waals surface area contributed by atoms with Crippen molar-refractivity contribution in [3.63, 3.8) is 0 Å². The molecule has 250 valence electrons. The predicted octanol–water partition coefficient (Wildman–Crippen LogP) is 12.6. The maximum absolute atomic E-state index is 13.6. The van der Waals surface area contributed by atoms with Gasteiger partial charge in [-0.2, -0.15) is 0 Å². The van der Waals surface area contributed by atoms with Crippen molar-refractivity contribution in [1.29, 1.82) is 0 Å². The van der Waals surface area contributed by atoms with Crippen LogP contribution in [0, 0.1) is 5.41 Å². The molecule has 0 saturated heterocycles. The Labute approximate surface area is 284 Å². The van der Waals surface area contributed by atoms with Crippen LogP contribution >= 0.6 is 0 Å². The van der Waals surface area contributed by atoms with Gasteiger partial charge in [-0.15, -0.1) is 0 Å². The highest BCUT2D eigenvalue weighted by molar-refractivity contribution is 5.82. The van der Waals surface area contributed by atoms with Gasteiger partial charge in [0.15, 0.2) is 0 Å². The number of carbonyl (C=O) groups excluding carboxylic acids is 1. The molecule has 47 heavy (non-hydrogen) atoms. The average molecular weight is 633 g/mol. The first-order chi connectivity index (χ1) is 22.5. The van der Waals surface area contributed by atoms with E-state index < -0.39 is 5.41 Å². The summed E-state index contributed by atoms with van der Waals surface area (Å²) in [6.45, 7) is 17.5. The Hall–Kier alpha value is -3.85. The summed E-state index contributed by atoms with van der Waals surface area (Å²) in [5, 5.41) is 0. The molecule has 0 aromatic heterocycles. The highest BCUT2D eigenvalue weighted by Crippen LogP contribution is 2.43. The van der Waals surface area contributed by atoms with Gasteiger partial charge in [0.1, 0.15) is 17.1 Å². The second-order valence-electron chi connectivity index (χ2n) is 14.2. The molecule has 4 aromatic rings. The molecular formula is C44H56O3. The molecule has 0 fully saturated rings. The first-order valence-corrected chi connectivity index (χ1v) is 17.8. The van der Waals surface area contributed by atoms with E-state index in [4.69, 9.17) is 9.47 Å². The van der Waals surface area contributed by atoms with Gasteiger partial charge < -0.3 is 9.47 Å². The summed E-state index contributed by atoms with van der Waals surface area (Å²) in [5.41, 5.74) is 5.46. The molecule has 0 aliphatic rings. The Morgan fingerprint density at radius 2 is 1.09 bits per heavy atom. The van der Waals surface area contributed by atoms with E-state index in [1.807, 2.05) is 31.2 Å². The number of esters is 1. The zero-order valence-corrected chi connectivity index (χ0v) is 30.1. The lowest BCUT2D eigenvalue weighted by atomic mass is 9.76. The Morgan fingerprint density at radius 3 is 1.57 bits per heavy atom. The highest BCUT2D eigenvalue weighted by Gasteiger charge is 2.34. The van der Waals surface area contributed by atoms with E-state index in [0.29, 0.717) is 5.75 Å². The molecule has 0 amide bonds. The van der Waals surface area contributed by atoms with Crippen LogP contribution in [0.4, 0.5) is 0 Å². The van der Waals surface area contributed by atoms with Crippen LogP contribution in [0.5, 0.6) is 11.5 Å². The summed E-state index contributed by atoms with van der Waals surface area (Å²) in [7, 11) is 0. The fourth-order valence-corrected chi connectivity index (χ4v) is 6.20. The Bertz CT molecular complexity index is 1590. The van der Waals surface area contributed by atoms with Crippen LogP contribution in [-0.4, -0.2) is 11.6 Å². The molecule has 0 N–H and O–H groups in total. The van der Waals surface area contributed by atoms with Crippen molar-refractivity contribution in [3.8, 4) is 33.8 Å². The normalized spacial score (nSPS) is 14.2. The van der Waals surface area contributed by atoms with Gasteiger partial charge in [0.2, 0.25) is 0 Å². The summed E-state index contributed by atoms with van der Waals surface area (Å²) in [4.78, 5) is 13.6. The number of hydrogen-bond donors (Lipinski definition) is 0. The fourth-order valence-electron chi connectivity index (χ4n) is 6.20. The molecule has 2 atom stereocenters. The van der Waals surface area contributed by atoms with E-state index in [0.717, 1.165) is 84.9 Å². The Kier molecular flexibility index (Phi) is 12.1. The molecule has 4 rings (SSSR count). The van der Waals surface area contributed by atoms with E-state index in [-0.39, 0.29) is 17.0 Å². The van der Waals surface area contributed by atoms with E-state index >= 15 is 0 Å². The third-order valence-electron chi connectivity index (χ3n) is 10.3. The summed E-state index contributed by atoms with van der Waals surface area (Å²) in [6, 6.07) is 33.8. The molecule has 4 aromatic carbocycles. The van der Waals surface area contributed by atoms with Gasteiger partial charge in [-0.05, 0) is 92.5 Å². The maximum Gasteiger partial charge on any atom is 0.317 e. The minimum Gasteiger partial charge on any atom is -0.487 e. The van der Waals surface area contributed by atoms with Crippen LogP contribution in [0.25, 0.3) is 22.3 Å². The molecule has 3 nitrogen and oxygen atoms in total. The van der Waals surface area contributed by atoms with Crippen molar-refractivity contribution in [1.82, 2.24) is 0 Å². The van der Waals surface area contributed by atoms with Crippen LogP contribution in [0.1, 0.15) is 118 Å². The molecular weight excluding hydrogens is 576 g/mol. The summed E-state index contributed by atoms with van der Waals surface area (Å²) < 4.78 is 13.1. The Morgan fingerprint density at radius 1 is 0.596 bits per heavy atom. The molecule has 0 radical (unpaired) electrons. The van der Waals surface area contributed by atoms with Gasteiger partial charge in [0.05, 0.1) is 5.41 Å². The summed E-state index contributed by atoms with van der Waals surface area (Å²) in [5.74, 6) is 1.38. The van der Waals surface area contributed by atoms with Gasteiger partial charge in [0.25, 0.3) is 0 Å². The van der Waals surface area contributed by atoms with E-state index in [9.17, 15) is 4.79 Å². The topological polar surface area (TPSA) is 35.5 Å². The smallest absolute Gasteiger partial charge is 0.317 e. The Balaban J connectivity index is 1.78. The molecule has 2 unspecified atom stereocenters. The first kappa shape index (κ1) is 36.0. The van der Waals surface area contributed by atoms with Gasteiger partial charge >= 0.3 is 5.97 Å². The second kappa shape index (κ2) is 15.8. The van der Waals surface area contributed by atoms with Crippen LogP contribution in [0.3, 0.4) is 0 Å². The predicted molar refractivity (Wildman–Crippen MR) is 198 cm³/mol. The molecule has 0 aliphatic carbocycles. The molecule has 0 heterocycles. The minimum absolute atomic E-state index is 0.154. The molecule has 0 bridgehead atoms. The highest BCUT2D eigenvalue weighted by atomic mass is 16.5. The van der Waals surface area contributed by atoms with Gasteiger partial charge in [0, 0.05) is 16.5 Å². The van der Waals surface area contributed by atoms with E-state index in [1.54, 1.807) is 0 Å². The lowest BCUT2D eigenvalue weighted by molar-refractivity contribution is -0.145. The number of ether oxygens (including phenoxy) is 2. The van der Waals surface area contributed by atoms with E-state index in [1.165, 1.54) is 5.56 Å². The lowest BCUT2D eigenvalue weighted by Crippen LogP contribution is -2.31. The SMILES string of the molecule is CCCCC(C)(CC)Oc1ccc(C(C)(C)c2ccc(OC(=O)C(C)(CC)CCCC)c(-c3ccccc3)c2)cc1-c1ccccc1. The summed E-state index contributed by atoms with van der Waals surface area (Å²) in [6.07, 6.45) is 7.89. The van der Waals surface area contributed by atoms with Crippen molar-refractivity contribution in [2.75, 3.05) is 0 Å². The van der Waals surface area contributed by atoms with E-state index in [2.05, 4.69) is 121 Å². The third-order valence-corrected chi connectivity index (χ3v) is 10.3. The number of unbranched alkanes of at least 4 members (excludes halogenated alkanes) is 2. The molecule has 0 aliphatic heterocycles. The molecule has 0 saturated carbocycles. The number of carbonyl (C=O) groups is 1. The van der Waals surface area contributed by atoms with Crippen LogP contribution < -0.4 is 9.47 Å². The standard InChI is InChI=1S/C44H56O3/c1-9-13-29-43(7,11-3)41(45)46-39-27-25-35(31-37(39)33-21-17-15-18-22-33)42(5,6)36-26-28-40(47-44(8,12-4)30-14-10-2)38(32-36)34-23-19-16-20-24-34/h15-28,31-32H,9-14,29-30H2,1-8H3. The van der Waals surface area contributed by atoms with Crippen LogP contribution in [0.2, 0.25) is 0 Å². The van der Waals surface area contributed by atoms with Crippen molar-refractivity contribution in [2.24, 2.45) is 5.41 Å². The molecule has 3 heteroatoms. The number of rotatable bonds is 16. The van der Waals surface area contributed by atoms with Crippen molar-refractivity contribution in [3.05, 3.63) is 108 Å². The average Bonchev–Trinajstić information content (AvgIpc) is 3.10. The molecule has 0 spiro atoms. The van der Waals surface area contributed by atoms with Crippen molar-refractivity contribution >= 4 is 5.97 Å². The van der Waals surface area contributed by atoms with Crippen molar-refractivity contribution < 1.29 is 14.3 Å². The fraction of sp³-hybridized carbons (Fsp3) is 0.432. The quantitative estimate of drug-likeness (QED) is 0.0910. The third kappa shape index (κ3) is 8.55. The van der Waals surface area contributed by atoms with Crippen molar-refractivity contribution in [2.45, 2.75) is 118 Å². The largest absolute Gasteiger partial charge is 0.487 e. The van der Waals surface area contributed by atoms with Gasteiger partial charge in [-0.25, -0.2) is 0 Å². The number of hydrogen-bond acceptors (Lipinski definition) is 3. The monoisotopic (exact) mass is 632 g/mol. The maximum atomic E-state index is 13.6. The summed E-state index contributed by atoms with van der Waals surface area (Å²) >= 11 is 0. The number of benzene rings is 4. The first-order valence-electron chi connectivity index (χ1n) is 17.8. The van der Waals surface area contributed by atoms with Gasteiger partial charge in [-0.3, -0.25) is 4.79 Å².